The van der Waals surface area contributed by atoms with E-state index in [9.17, 15) is 30.0 Å². The number of piperidine rings is 1. The third-order valence-corrected chi connectivity index (χ3v) is 6.49. The van der Waals surface area contributed by atoms with Gasteiger partial charge in [-0.3, -0.25) is 23.9 Å². The summed E-state index contributed by atoms with van der Waals surface area (Å²) in [6.07, 6.45) is 5.50. The zero-order valence-electron chi connectivity index (χ0n) is 23.6. The Kier molecular flexibility index (Phi) is 11.7. The maximum Gasteiger partial charge on any atom is 0.271 e. The van der Waals surface area contributed by atoms with Gasteiger partial charge in [-0.1, -0.05) is 19.1 Å². The molecule has 39 heavy (non-hydrogen) atoms. The highest BCUT2D eigenvalue weighted by atomic mass is 16.5. The maximum absolute atomic E-state index is 13.2. The van der Waals surface area contributed by atoms with Gasteiger partial charge < -0.3 is 14.6 Å². The smallest absolute Gasteiger partial charge is 0.271 e. The maximum atomic E-state index is 13.2. The summed E-state index contributed by atoms with van der Waals surface area (Å²) < 4.78 is 12.1. The van der Waals surface area contributed by atoms with Gasteiger partial charge in [0.05, 0.1) is 18.3 Å². The normalized spacial score (nSPS) is 18.9. The molecule has 10 heteroatoms. The highest BCUT2D eigenvalue weighted by Crippen LogP contribution is 2.31. The Hall–Kier alpha value is -3.73. The Balaban J connectivity index is 2.39. The largest absolute Gasteiger partial charge is 0.494 e. The van der Waals surface area contributed by atoms with E-state index in [1.807, 2.05) is 39.8 Å². The lowest BCUT2D eigenvalue weighted by Crippen LogP contribution is -2.50. The van der Waals surface area contributed by atoms with Crippen molar-refractivity contribution in [2.45, 2.75) is 73.1 Å². The number of nitriles is 2. The van der Waals surface area contributed by atoms with E-state index in [-0.39, 0.29) is 47.9 Å². The van der Waals surface area contributed by atoms with Crippen LogP contribution in [0.4, 0.5) is 0 Å². The molecule has 1 aromatic rings. The summed E-state index contributed by atoms with van der Waals surface area (Å²) in [6.45, 7) is 11.8. The Bertz CT molecular complexity index is 1260. The van der Waals surface area contributed by atoms with E-state index >= 15 is 0 Å². The molecule has 1 N–H and O–H groups in total. The molecule has 2 unspecified atom stereocenters. The first kappa shape index (κ1) is 31.5. The fourth-order valence-corrected chi connectivity index (χ4v) is 4.32. The van der Waals surface area contributed by atoms with Crippen molar-refractivity contribution in [3.8, 4) is 18.0 Å². The first-order valence-corrected chi connectivity index (χ1v) is 13.2. The second-order valence-electron chi connectivity index (χ2n) is 10.0. The van der Waals surface area contributed by atoms with E-state index in [2.05, 4.69) is 0 Å². The second-order valence-corrected chi connectivity index (χ2v) is 10.0. The highest BCUT2D eigenvalue weighted by Gasteiger charge is 2.42. The third kappa shape index (κ3) is 7.66. The molecule has 0 spiro atoms. The SMILES string of the molecule is Cc1c(C=CC=C2C(=O)N(CCCOC(C)C)C(=O)C(C#N)C2C)c(O)n(CCCOC(C)C)c(=O)c1C#N. The second kappa shape index (κ2) is 14.4. The van der Waals surface area contributed by atoms with Crippen LogP contribution in [0, 0.1) is 41.4 Å². The van der Waals surface area contributed by atoms with Crippen LogP contribution >= 0.6 is 0 Å². The molecule has 1 aliphatic heterocycles. The van der Waals surface area contributed by atoms with Gasteiger partial charge in [0.1, 0.15) is 17.6 Å². The minimum atomic E-state index is -1.01. The number of hydrogen-bond donors (Lipinski definition) is 1. The van der Waals surface area contributed by atoms with Crippen LogP contribution in [0.1, 0.15) is 64.2 Å². The van der Waals surface area contributed by atoms with Gasteiger partial charge in [0, 0.05) is 43.4 Å². The zero-order chi connectivity index (χ0) is 29.3. The standard InChI is InChI=1S/C29H38N4O6/c1-18(2)38-14-8-12-32-26(34)22(20(5)24(16-30)28(32)36)10-7-11-23-21(6)25(17-31)29(37)33(27(23)35)13-9-15-39-19(3)4/h7,10-11,18-20,24,35H,8-9,12-15H2,1-6H3. The van der Waals surface area contributed by atoms with Gasteiger partial charge in [0.15, 0.2) is 0 Å². The summed E-state index contributed by atoms with van der Waals surface area (Å²) in [4.78, 5) is 39.9. The molecule has 0 aromatic carbocycles. The average Bonchev–Trinajstić information content (AvgIpc) is 2.87. The van der Waals surface area contributed by atoms with E-state index in [0.29, 0.717) is 31.6 Å². The Morgan fingerprint density at radius 3 is 2.15 bits per heavy atom. The number of ether oxygens (including phenoxy) is 2. The number of amides is 2. The number of imide groups is 1. The van der Waals surface area contributed by atoms with E-state index in [1.165, 1.54) is 18.2 Å². The fourth-order valence-electron chi connectivity index (χ4n) is 4.32. The van der Waals surface area contributed by atoms with Crippen molar-refractivity contribution in [3.63, 3.8) is 0 Å². The molecule has 2 amide bonds. The topological polar surface area (TPSA) is 146 Å². The summed E-state index contributed by atoms with van der Waals surface area (Å²) >= 11 is 0. The summed E-state index contributed by atoms with van der Waals surface area (Å²) in [7, 11) is 0. The van der Waals surface area contributed by atoms with Crippen molar-refractivity contribution in [1.82, 2.24) is 9.47 Å². The number of carbonyl (C=O) groups excluding carboxylic acids is 2. The van der Waals surface area contributed by atoms with Crippen molar-refractivity contribution in [1.29, 1.82) is 10.5 Å². The summed E-state index contributed by atoms with van der Waals surface area (Å²) in [5.41, 5.74) is 0.176. The van der Waals surface area contributed by atoms with E-state index in [4.69, 9.17) is 9.47 Å². The number of likely N-dealkylation sites (tertiary alicyclic amines) is 1. The van der Waals surface area contributed by atoms with Gasteiger partial charge in [0.25, 0.3) is 11.5 Å². The minimum Gasteiger partial charge on any atom is -0.494 e. The monoisotopic (exact) mass is 538 g/mol. The van der Waals surface area contributed by atoms with Crippen LogP contribution < -0.4 is 5.56 Å². The number of aromatic hydroxyl groups is 1. The number of aromatic nitrogens is 1. The number of carbonyl (C=O) groups is 2. The summed E-state index contributed by atoms with van der Waals surface area (Å²) in [5, 5.41) is 30.1. The van der Waals surface area contributed by atoms with E-state index in [1.54, 1.807) is 13.8 Å². The lowest BCUT2D eigenvalue weighted by atomic mass is 9.82. The number of rotatable bonds is 12. The quantitative estimate of drug-likeness (QED) is 0.242. The van der Waals surface area contributed by atoms with Crippen LogP contribution in [0.5, 0.6) is 5.88 Å². The molecule has 210 valence electrons. The first-order chi connectivity index (χ1) is 18.5. The van der Waals surface area contributed by atoms with Gasteiger partial charge in [-0.2, -0.15) is 10.5 Å². The Morgan fingerprint density at radius 1 is 1.03 bits per heavy atom. The molecular weight excluding hydrogens is 500 g/mol. The molecule has 0 radical (unpaired) electrons. The molecule has 0 saturated carbocycles. The molecule has 0 aliphatic carbocycles. The lowest BCUT2D eigenvalue weighted by molar-refractivity contribution is -0.148. The summed E-state index contributed by atoms with van der Waals surface area (Å²) in [5.74, 6) is -2.95. The predicted molar refractivity (Wildman–Crippen MR) is 145 cm³/mol. The van der Waals surface area contributed by atoms with Crippen molar-refractivity contribution >= 4 is 17.9 Å². The zero-order valence-corrected chi connectivity index (χ0v) is 23.6. The van der Waals surface area contributed by atoms with E-state index in [0.717, 1.165) is 9.47 Å². The fraction of sp³-hybridized carbons (Fsp3) is 0.552. The number of pyridine rings is 1. The van der Waals surface area contributed by atoms with Gasteiger partial charge in [-0.15, -0.1) is 0 Å². The minimum absolute atomic E-state index is 0.0226. The van der Waals surface area contributed by atoms with Crippen molar-refractivity contribution < 1.29 is 24.2 Å². The van der Waals surface area contributed by atoms with Crippen LogP contribution in [0.3, 0.4) is 0 Å². The molecule has 0 bridgehead atoms. The van der Waals surface area contributed by atoms with Crippen LogP contribution in [0.2, 0.25) is 0 Å². The van der Waals surface area contributed by atoms with Crippen molar-refractivity contribution in [2.24, 2.45) is 11.8 Å². The average molecular weight is 539 g/mol. The van der Waals surface area contributed by atoms with Crippen LogP contribution in [0.25, 0.3) is 6.08 Å². The van der Waals surface area contributed by atoms with Crippen LogP contribution in [0.15, 0.2) is 22.5 Å². The number of allylic oxidation sites excluding steroid dienone is 2. The number of nitrogens with zero attached hydrogens (tertiary/aromatic N) is 4. The van der Waals surface area contributed by atoms with Gasteiger partial charge in [-0.05, 0) is 59.1 Å². The molecule has 2 rings (SSSR count). The van der Waals surface area contributed by atoms with Gasteiger partial charge in [0.2, 0.25) is 11.8 Å². The van der Waals surface area contributed by atoms with Crippen molar-refractivity contribution in [2.75, 3.05) is 19.8 Å². The molecule has 1 saturated heterocycles. The molecule has 1 aliphatic rings. The van der Waals surface area contributed by atoms with Gasteiger partial charge in [-0.25, -0.2) is 0 Å². The Labute approximate surface area is 229 Å². The lowest BCUT2D eigenvalue weighted by Gasteiger charge is -2.33. The molecular formula is C29H38N4O6. The predicted octanol–water partition coefficient (Wildman–Crippen LogP) is 3.45. The molecule has 1 fully saturated rings. The molecule has 2 heterocycles. The summed E-state index contributed by atoms with van der Waals surface area (Å²) in [6, 6.07) is 3.93. The van der Waals surface area contributed by atoms with Crippen LogP contribution in [-0.2, 0) is 25.6 Å². The van der Waals surface area contributed by atoms with Gasteiger partial charge >= 0.3 is 0 Å². The van der Waals surface area contributed by atoms with Crippen LogP contribution in [-0.4, -0.2) is 58.4 Å². The first-order valence-electron chi connectivity index (χ1n) is 13.2. The number of hydrogen-bond acceptors (Lipinski definition) is 8. The van der Waals surface area contributed by atoms with E-state index < -0.39 is 29.2 Å². The highest BCUT2D eigenvalue weighted by molar-refractivity contribution is 6.09. The molecule has 10 nitrogen and oxygen atoms in total. The third-order valence-electron chi connectivity index (χ3n) is 6.49. The Morgan fingerprint density at radius 2 is 1.62 bits per heavy atom. The molecule has 2 atom stereocenters. The molecule has 1 aromatic heterocycles. The van der Waals surface area contributed by atoms with Crippen molar-refractivity contribution in [3.05, 3.63) is 44.8 Å².